The van der Waals surface area contributed by atoms with Crippen molar-refractivity contribution in [2.75, 3.05) is 20.3 Å². The standard InChI is InChI=1S/C21H23FN2O2/c1-15-18(19-12-17(22)8-9-20(19)23-15)13-21(25)24(10-11-26-2)14-16-6-4-3-5-7-16/h3-9,12,23H,10-11,13-14H2,1-2H3. The zero-order chi connectivity index (χ0) is 18.5. The van der Waals surface area contributed by atoms with E-state index in [-0.39, 0.29) is 18.1 Å². The van der Waals surface area contributed by atoms with Crippen molar-refractivity contribution in [2.45, 2.75) is 19.9 Å². The Morgan fingerprint density at radius 3 is 2.69 bits per heavy atom. The van der Waals surface area contributed by atoms with Crippen LogP contribution >= 0.6 is 0 Å². The molecule has 0 atom stereocenters. The van der Waals surface area contributed by atoms with Crippen LogP contribution in [0, 0.1) is 12.7 Å². The lowest BCUT2D eigenvalue weighted by Crippen LogP contribution is -2.34. The fourth-order valence-corrected chi connectivity index (χ4v) is 3.14. The number of aryl methyl sites for hydroxylation is 1. The third-order valence-electron chi connectivity index (χ3n) is 4.54. The van der Waals surface area contributed by atoms with Crippen LogP contribution in [0.4, 0.5) is 4.39 Å². The number of methoxy groups -OCH3 is 1. The zero-order valence-electron chi connectivity index (χ0n) is 15.1. The molecule has 4 nitrogen and oxygen atoms in total. The maximum Gasteiger partial charge on any atom is 0.227 e. The molecule has 0 fully saturated rings. The summed E-state index contributed by atoms with van der Waals surface area (Å²) in [7, 11) is 1.62. The topological polar surface area (TPSA) is 45.3 Å². The molecule has 0 radical (unpaired) electrons. The molecule has 5 heteroatoms. The van der Waals surface area contributed by atoms with E-state index in [1.54, 1.807) is 18.1 Å². The Balaban J connectivity index is 1.83. The van der Waals surface area contributed by atoms with Gasteiger partial charge < -0.3 is 14.6 Å². The number of H-pyrrole nitrogens is 1. The first-order valence-corrected chi connectivity index (χ1v) is 8.66. The van der Waals surface area contributed by atoms with Gasteiger partial charge in [-0.25, -0.2) is 4.39 Å². The average molecular weight is 354 g/mol. The number of aromatic amines is 1. The molecule has 1 heterocycles. The number of carbonyl (C=O) groups excluding carboxylic acids is 1. The van der Waals surface area contributed by atoms with E-state index in [0.717, 1.165) is 27.7 Å². The molecule has 136 valence electrons. The Bertz CT molecular complexity index is 890. The van der Waals surface area contributed by atoms with Crippen molar-refractivity contribution >= 4 is 16.8 Å². The highest BCUT2D eigenvalue weighted by Crippen LogP contribution is 2.24. The van der Waals surface area contributed by atoms with E-state index in [9.17, 15) is 9.18 Å². The largest absolute Gasteiger partial charge is 0.383 e. The number of nitrogens with zero attached hydrogens (tertiary/aromatic N) is 1. The fourth-order valence-electron chi connectivity index (χ4n) is 3.14. The van der Waals surface area contributed by atoms with Crippen LogP contribution in [0.25, 0.3) is 10.9 Å². The molecule has 0 spiro atoms. The molecule has 0 saturated carbocycles. The number of ether oxygens (including phenoxy) is 1. The maximum atomic E-state index is 13.7. The summed E-state index contributed by atoms with van der Waals surface area (Å²) >= 11 is 0. The smallest absolute Gasteiger partial charge is 0.227 e. The number of halogens is 1. The Morgan fingerprint density at radius 1 is 1.19 bits per heavy atom. The molecule has 1 amide bonds. The highest BCUT2D eigenvalue weighted by molar-refractivity contribution is 5.90. The van der Waals surface area contributed by atoms with Gasteiger partial charge in [0.25, 0.3) is 0 Å². The van der Waals surface area contributed by atoms with Gasteiger partial charge in [0, 0.05) is 36.8 Å². The van der Waals surface area contributed by atoms with E-state index < -0.39 is 0 Å². The summed E-state index contributed by atoms with van der Waals surface area (Å²) in [5.74, 6) is -0.301. The number of aromatic nitrogens is 1. The van der Waals surface area contributed by atoms with E-state index in [0.29, 0.717) is 19.7 Å². The monoisotopic (exact) mass is 354 g/mol. The Hall–Kier alpha value is -2.66. The first kappa shape index (κ1) is 18.1. The summed E-state index contributed by atoms with van der Waals surface area (Å²) in [5, 5.41) is 0.766. The van der Waals surface area contributed by atoms with Crippen LogP contribution in [0.5, 0.6) is 0 Å². The Morgan fingerprint density at radius 2 is 1.96 bits per heavy atom. The van der Waals surface area contributed by atoms with Crippen molar-refractivity contribution in [3.8, 4) is 0 Å². The lowest BCUT2D eigenvalue weighted by Gasteiger charge is -2.23. The van der Waals surface area contributed by atoms with Crippen LogP contribution in [0.2, 0.25) is 0 Å². The minimum absolute atomic E-state index is 0.000774. The van der Waals surface area contributed by atoms with E-state index in [1.165, 1.54) is 12.1 Å². The van der Waals surface area contributed by atoms with Crippen LogP contribution < -0.4 is 0 Å². The summed E-state index contributed by atoms with van der Waals surface area (Å²) < 4.78 is 18.8. The van der Waals surface area contributed by atoms with Crippen molar-refractivity contribution in [1.29, 1.82) is 0 Å². The van der Waals surface area contributed by atoms with Crippen molar-refractivity contribution in [3.63, 3.8) is 0 Å². The molecule has 1 aromatic heterocycles. The van der Waals surface area contributed by atoms with Gasteiger partial charge >= 0.3 is 0 Å². The summed E-state index contributed by atoms with van der Waals surface area (Å²) in [4.78, 5) is 18.0. The number of rotatable bonds is 7. The normalized spacial score (nSPS) is 11.0. The summed E-state index contributed by atoms with van der Waals surface area (Å²) in [6.45, 7) is 3.43. The number of carbonyl (C=O) groups is 1. The molecule has 2 aromatic carbocycles. The van der Waals surface area contributed by atoms with E-state index >= 15 is 0 Å². The number of nitrogens with one attached hydrogen (secondary N) is 1. The zero-order valence-corrected chi connectivity index (χ0v) is 15.1. The Labute approximate surface area is 152 Å². The molecule has 3 aromatic rings. The van der Waals surface area contributed by atoms with Crippen LogP contribution in [-0.2, 0) is 22.5 Å². The highest BCUT2D eigenvalue weighted by atomic mass is 19.1. The molecular weight excluding hydrogens is 331 g/mol. The van der Waals surface area contributed by atoms with Crippen molar-refractivity contribution in [1.82, 2.24) is 9.88 Å². The molecule has 3 rings (SSSR count). The Kier molecular flexibility index (Phi) is 5.68. The van der Waals surface area contributed by atoms with Gasteiger partial charge in [0.1, 0.15) is 5.82 Å². The van der Waals surface area contributed by atoms with Gasteiger partial charge in [-0.05, 0) is 36.2 Å². The van der Waals surface area contributed by atoms with Gasteiger partial charge in [0.05, 0.1) is 13.0 Å². The van der Waals surface area contributed by atoms with E-state index in [4.69, 9.17) is 4.74 Å². The van der Waals surface area contributed by atoms with Crippen molar-refractivity contribution < 1.29 is 13.9 Å². The molecular formula is C21H23FN2O2. The van der Waals surface area contributed by atoms with Crippen molar-refractivity contribution in [2.24, 2.45) is 0 Å². The second kappa shape index (κ2) is 8.15. The lowest BCUT2D eigenvalue weighted by atomic mass is 10.1. The average Bonchev–Trinajstić information content (AvgIpc) is 2.94. The third-order valence-corrected chi connectivity index (χ3v) is 4.54. The summed E-state index contributed by atoms with van der Waals surface area (Å²) in [6.07, 6.45) is 0.228. The van der Waals surface area contributed by atoms with Crippen LogP contribution in [0.3, 0.4) is 0 Å². The quantitative estimate of drug-likeness (QED) is 0.701. The minimum Gasteiger partial charge on any atom is -0.383 e. The molecule has 1 N–H and O–H groups in total. The molecule has 0 aliphatic carbocycles. The lowest BCUT2D eigenvalue weighted by molar-refractivity contribution is -0.131. The maximum absolute atomic E-state index is 13.7. The van der Waals surface area contributed by atoms with Gasteiger partial charge in [0.15, 0.2) is 0 Å². The predicted molar refractivity (Wildman–Crippen MR) is 100 cm³/mol. The van der Waals surface area contributed by atoms with E-state index in [1.807, 2.05) is 37.3 Å². The number of amides is 1. The van der Waals surface area contributed by atoms with Gasteiger partial charge in [-0.15, -0.1) is 0 Å². The molecule has 26 heavy (non-hydrogen) atoms. The number of benzene rings is 2. The van der Waals surface area contributed by atoms with Gasteiger partial charge in [0.2, 0.25) is 5.91 Å². The highest BCUT2D eigenvalue weighted by Gasteiger charge is 2.18. The van der Waals surface area contributed by atoms with Crippen molar-refractivity contribution in [3.05, 3.63) is 71.2 Å². The molecule has 0 aliphatic rings. The number of fused-ring (bicyclic) bond motifs is 1. The predicted octanol–water partition coefficient (Wildman–Crippen LogP) is 3.83. The van der Waals surface area contributed by atoms with Gasteiger partial charge in [-0.2, -0.15) is 0 Å². The summed E-state index contributed by atoms with van der Waals surface area (Å²) in [5.41, 5.74) is 3.65. The fraction of sp³-hybridized carbons (Fsp3) is 0.286. The first-order valence-electron chi connectivity index (χ1n) is 8.66. The minimum atomic E-state index is -0.300. The molecule has 0 unspecified atom stereocenters. The number of hydrogen-bond donors (Lipinski definition) is 1. The number of hydrogen-bond acceptors (Lipinski definition) is 2. The first-order chi connectivity index (χ1) is 12.6. The van der Waals surface area contributed by atoms with Gasteiger partial charge in [-0.3, -0.25) is 4.79 Å². The third kappa shape index (κ3) is 4.11. The van der Waals surface area contributed by atoms with Crippen LogP contribution in [-0.4, -0.2) is 36.1 Å². The molecule has 0 bridgehead atoms. The van der Waals surface area contributed by atoms with Crippen LogP contribution in [0.15, 0.2) is 48.5 Å². The van der Waals surface area contributed by atoms with Gasteiger partial charge in [-0.1, -0.05) is 30.3 Å². The SMILES string of the molecule is COCCN(Cc1ccccc1)C(=O)Cc1c(C)[nH]c2ccc(F)cc12. The second-order valence-electron chi connectivity index (χ2n) is 6.39. The second-order valence-corrected chi connectivity index (χ2v) is 6.39. The molecule has 0 saturated heterocycles. The van der Waals surface area contributed by atoms with Crippen LogP contribution in [0.1, 0.15) is 16.8 Å². The molecule has 0 aliphatic heterocycles. The summed E-state index contributed by atoms with van der Waals surface area (Å²) in [6, 6.07) is 14.5. The van der Waals surface area contributed by atoms with E-state index in [2.05, 4.69) is 4.98 Å².